The molecule has 23 heavy (non-hydrogen) atoms. The van der Waals surface area contributed by atoms with Gasteiger partial charge in [0.25, 0.3) is 0 Å². The molecule has 0 fully saturated rings. The molecule has 0 spiro atoms. The largest absolute Gasteiger partial charge is 0.497 e. The molecule has 1 heterocycles. The molecule has 2 rings (SSSR count). The minimum Gasteiger partial charge on any atom is -0.497 e. The van der Waals surface area contributed by atoms with Crippen LogP contribution in [0.15, 0.2) is 41.9 Å². The lowest BCUT2D eigenvalue weighted by Crippen LogP contribution is -2.18. The Morgan fingerprint density at radius 3 is 2.78 bits per heavy atom. The maximum atomic E-state index is 5.81. The third kappa shape index (κ3) is 4.57. The molecule has 0 radical (unpaired) electrons. The summed E-state index contributed by atoms with van der Waals surface area (Å²) in [7, 11) is 4.26. The van der Waals surface area contributed by atoms with Gasteiger partial charge in [-0.1, -0.05) is 16.2 Å². The zero-order chi connectivity index (χ0) is 16.8. The van der Waals surface area contributed by atoms with Crippen LogP contribution in [0, 0.1) is 0 Å². The van der Waals surface area contributed by atoms with E-state index >= 15 is 0 Å². The van der Waals surface area contributed by atoms with Crippen LogP contribution in [0.25, 0.3) is 10.8 Å². The predicted molar refractivity (Wildman–Crippen MR) is 98.5 cm³/mol. The highest BCUT2D eigenvalue weighted by molar-refractivity contribution is 7.17. The lowest BCUT2D eigenvalue weighted by Gasteiger charge is -2.18. The Labute approximate surface area is 139 Å². The topological polar surface area (TPSA) is 69.4 Å². The van der Waals surface area contributed by atoms with Crippen LogP contribution in [-0.2, 0) is 4.74 Å². The van der Waals surface area contributed by atoms with Crippen LogP contribution in [0.4, 0.5) is 5.82 Å². The molecule has 1 aromatic heterocycles. The minimum absolute atomic E-state index is 0.0875. The fourth-order valence-corrected chi connectivity index (χ4v) is 2.41. The van der Waals surface area contributed by atoms with Crippen LogP contribution >= 0.6 is 9.24 Å². The molecule has 0 aliphatic rings. The Balaban J connectivity index is 2.25. The highest BCUT2D eigenvalue weighted by Crippen LogP contribution is 2.23. The average molecular weight is 333 g/mol. The first kappa shape index (κ1) is 17.5. The summed E-state index contributed by atoms with van der Waals surface area (Å²) in [6, 6.07) is 7.91. The van der Waals surface area contributed by atoms with Gasteiger partial charge in [-0.15, -0.1) is 0 Å². The summed E-state index contributed by atoms with van der Waals surface area (Å²) in [6.45, 7) is 4.48. The molecule has 124 valence electrons. The zero-order valence-electron chi connectivity index (χ0n) is 13.8. The van der Waals surface area contributed by atoms with Crippen LogP contribution in [0.3, 0.4) is 0 Å². The van der Waals surface area contributed by atoms with E-state index in [1.54, 1.807) is 7.11 Å². The Morgan fingerprint density at radius 1 is 1.35 bits per heavy atom. The molecular formula is C17H24N3O2P. The molecule has 0 saturated heterocycles. The second kappa shape index (κ2) is 8.14. The summed E-state index contributed by atoms with van der Waals surface area (Å²) in [4.78, 5) is 4.45. The predicted octanol–water partition coefficient (Wildman–Crippen LogP) is 3.47. The van der Waals surface area contributed by atoms with Gasteiger partial charge >= 0.3 is 0 Å². The van der Waals surface area contributed by atoms with E-state index < -0.39 is 0 Å². The molecule has 0 amide bonds. The van der Waals surface area contributed by atoms with E-state index in [2.05, 4.69) is 19.5 Å². The van der Waals surface area contributed by atoms with E-state index in [1.807, 2.05) is 44.3 Å². The van der Waals surface area contributed by atoms with Crippen molar-refractivity contribution in [3.63, 3.8) is 0 Å². The molecule has 0 aliphatic heterocycles. The first-order valence-electron chi connectivity index (χ1n) is 7.60. The van der Waals surface area contributed by atoms with Gasteiger partial charge in [0.2, 0.25) is 0 Å². The summed E-state index contributed by atoms with van der Waals surface area (Å²) < 4.78 is 11.1. The van der Waals surface area contributed by atoms with Crippen molar-refractivity contribution in [2.75, 3.05) is 19.0 Å². The molecular weight excluding hydrogens is 309 g/mol. The number of fused-ring (bicyclic) bond motifs is 1. The molecule has 2 atom stereocenters. The third-order valence-corrected chi connectivity index (χ3v) is 3.92. The number of nitrogens with one attached hydrogen (secondary N) is 1. The number of hydrogen-bond acceptors (Lipinski definition) is 5. The summed E-state index contributed by atoms with van der Waals surface area (Å²) in [5, 5.41) is 5.44. The number of ether oxygens (including phenoxy) is 2. The summed E-state index contributed by atoms with van der Waals surface area (Å²) in [6.07, 6.45) is 2.63. The molecule has 2 unspecified atom stereocenters. The number of aromatic nitrogens is 1. The van der Waals surface area contributed by atoms with Crippen LogP contribution in [0.2, 0.25) is 0 Å². The van der Waals surface area contributed by atoms with Crippen molar-refractivity contribution in [2.45, 2.75) is 26.1 Å². The van der Waals surface area contributed by atoms with Gasteiger partial charge < -0.3 is 20.5 Å². The van der Waals surface area contributed by atoms with Gasteiger partial charge in [-0.25, -0.2) is 4.98 Å². The van der Waals surface area contributed by atoms with E-state index in [4.69, 9.17) is 15.2 Å². The maximum Gasteiger partial charge on any atom is 0.130 e. The first-order valence-corrected chi connectivity index (χ1v) is 8.27. The van der Waals surface area contributed by atoms with Crippen LogP contribution in [0.1, 0.15) is 20.3 Å². The number of hydrogen-bond donors (Lipinski definition) is 2. The van der Waals surface area contributed by atoms with E-state index in [1.165, 1.54) is 0 Å². The number of benzene rings is 1. The quantitative estimate of drug-likeness (QED) is 0.600. The number of methoxy groups -OCH3 is 1. The smallest absolute Gasteiger partial charge is 0.130 e. The Morgan fingerprint density at radius 2 is 2.13 bits per heavy atom. The zero-order valence-corrected chi connectivity index (χ0v) is 15.0. The van der Waals surface area contributed by atoms with Crippen LogP contribution < -0.4 is 15.8 Å². The van der Waals surface area contributed by atoms with Gasteiger partial charge in [-0.05, 0) is 36.6 Å². The summed E-state index contributed by atoms with van der Waals surface area (Å²) >= 11 is 0. The minimum atomic E-state index is -0.0875. The van der Waals surface area contributed by atoms with Crippen molar-refractivity contribution in [3.05, 3.63) is 41.9 Å². The number of rotatable bonds is 7. The molecule has 3 N–H and O–H groups in total. The number of anilines is 1. The average Bonchev–Trinajstić information content (AvgIpc) is 2.58. The van der Waals surface area contributed by atoms with E-state index in [0.29, 0.717) is 6.54 Å². The third-order valence-electron chi connectivity index (χ3n) is 3.51. The van der Waals surface area contributed by atoms with Crippen molar-refractivity contribution < 1.29 is 9.47 Å². The van der Waals surface area contributed by atoms with Gasteiger partial charge in [-0.2, -0.15) is 0 Å². The number of nitrogens with two attached hydrogens (primary N) is 1. The molecule has 1 aromatic carbocycles. The Hall–Kier alpha value is -1.84. The highest BCUT2D eigenvalue weighted by Gasteiger charge is 2.08. The SMILES string of the molecule is CCC(OC(P)CN)=C(C)Nc1cc2cc(OC)ccc2cn1. The highest BCUT2D eigenvalue weighted by atomic mass is 31.0. The van der Waals surface area contributed by atoms with Crippen LogP contribution in [-0.4, -0.2) is 24.5 Å². The molecule has 0 bridgehead atoms. The summed E-state index contributed by atoms with van der Waals surface area (Å²) in [5.41, 5.74) is 6.54. The van der Waals surface area contributed by atoms with Gasteiger partial charge in [0.05, 0.1) is 12.8 Å². The second-order valence-electron chi connectivity index (χ2n) is 5.20. The van der Waals surface area contributed by atoms with Crippen LogP contribution in [0.5, 0.6) is 5.75 Å². The maximum absolute atomic E-state index is 5.81. The Bertz CT molecular complexity index is 703. The monoisotopic (exact) mass is 333 g/mol. The van der Waals surface area contributed by atoms with Gasteiger partial charge in [0.15, 0.2) is 0 Å². The normalized spacial score (nSPS) is 13.4. The second-order valence-corrected chi connectivity index (χ2v) is 5.94. The molecule has 6 heteroatoms. The van der Waals surface area contributed by atoms with E-state index in [-0.39, 0.29) is 5.85 Å². The number of allylic oxidation sites excluding steroid dienone is 2. The van der Waals surface area contributed by atoms with Gasteiger partial charge in [0, 0.05) is 24.5 Å². The van der Waals surface area contributed by atoms with E-state index in [0.717, 1.165) is 40.2 Å². The van der Waals surface area contributed by atoms with Crippen molar-refractivity contribution in [3.8, 4) is 5.75 Å². The van der Waals surface area contributed by atoms with Gasteiger partial charge in [-0.3, -0.25) is 0 Å². The van der Waals surface area contributed by atoms with Gasteiger partial charge in [0.1, 0.15) is 23.2 Å². The lowest BCUT2D eigenvalue weighted by molar-refractivity contribution is 0.182. The van der Waals surface area contributed by atoms with Crippen molar-refractivity contribution in [1.82, 2.24) is 4.98 Å². The molecule has 0 aliphatic carbocycles. The standard InChI is InChI=1S/C17H24N3O2P/c1-4-15(22-17(23)9-18)11(2)20-16-8-13-7-14(21-3)6-5-12(13)10-19-16/h5-8,10,17H,4,9,18,23H2,1-3H3,(H,19,20). The molecule has 5 nitrogen and oxygen atoms in total. The lowest BCUT2D eigenvalue weighted by atomic mass is 10.1. The number of pyridine rings is 1. The fourth-order valence-electron chi connectivity index (χ4n) is 2.24. The summed E-state index contributed by atoms with van der Waals surface area (Å²) in [5.74, 6) is 2.39. The first-order chi connectivity index (χ1) is 11.1. The Kier molecular flexibility index (Phi) is 6.20. The van der Waals surface area contributed by atoms with Crippen molar-refractivity contribution in [1.29, 1.82) is 0 Å². The number of nitrogens with zero attached hydrogens (tertiary/aromatic N) is 1. The molecule has 2 aromatic rings. The molecule has 0 saturated carbocycles. The fraction of sp³-hybridized carbons (Fsp3) is 0.353. The van der Waals surface area contributed by atoms with E-state index in [9.17, 15) is 0 Å². The van der Waals surface area contributed by atoms with Crippen molar-refractivity contribution in [2.24, 2.45) is 5.73 Å². The van der Waals surface area contributed by atoms with Crippen molar-refractivity contribution >= 4 is 25.8 Å².